The molecule has 1 fully saturated rings. The van der Waals surface area contributed by atoms with Crippen molar-refractivity contribution in [3.63, 3.8) is 0 Å². The molecule has 0 saturated heterocycles. The summed E-state index contributed by atoms with van der Waals surface area (Å²) in [4.78, 5) is 0. The second kappa shape index (κ2) is 6.58. The Morgan fingerprint density at radius 2 is 1.78 bits per heavy atom. The van der Waals surface area contributed by atoms with Crippen LogP contribution in [0.2, 0.25) is 5.02 Å². The van der Waals surface area contributed by atoms with E-state index in [4.69, 9.17) is 11.6 Å². The molecular weight excluding hydrogens is 242 g/mol. The monoisotopic (exact) mass is 265 g/mol. The summed E-state index contributed by atoms with van der Waals surface area (Å²) in [5.41, 5.74) is 1.21. The molecule has 0 aliphatic heterocycles. The van der Waals surface area contributed by atoms with E-state index in [0.717, 1.165) is 10.9 Å². The van der Waals surface area contributed by atoms with E-state index >= 15 is 0 Å². The first kappa shape index (κ1) is 13.9. The van der Waals surface area contributed by atoms with E-state index in [1.807, 2.05) is 12.1 Å². The average molecular weight is 266 g/mol. The fourth-order valence-electron chi connectivity index (χ4n) is 3.08. The number of hydrogen-bond acceptors (Lipinski definition) is 1. The summed E-state index contributed by atoms with van der Waals surface area (Å²) < 4.78 is 0. The SMILES string of the molecule is CC(NC(C)C1CCCCC1)c1ccccc1Cl. The highest BCUT2D eigenvalue weighted by molar-refractivity contribution is 6.31. The third kappa shape index (κ3) is 3.49. The number of halogens is 1. The van der Waals surface area contributed by atoms with E-state index in [9.17, 15) is 0 Å². The van der Waals surface area contributed by atoms with Crippen molar-refractivity contribution < 1.29 is 0 Å². The molecule has 18 heavy (non-hydrogen) atoms. The van der Waals surface area contributed by atoms with Crippen LogP contribution in [-0.4, -0.2) is 6.04 Å². The van der Waals surface area contributed by atoms with Gasteiger partial charge in [0.25, 0.3) is 0 Å². The van der Waals surface area contributed by atoms with Gasteiger partial charge in [-0.3, -0.25) is 0 Å². The molecule has 0 aromatic heterocycles. The fourth-order valence-corrected chi connectivity index (χ4v) is 3.38. The molecule has 2 heteroatoms. The van der Waals surface area contributed by atoms with Crippen LogP contribution in [0.3, 0.4) is 0 Å². The largest absolute Gasteiger partial charge is 0.307 e. The minimum Gasteiger partial charge on any atom is -0.307 e. The Labute approximate surface area is 116 Å². The molecule has 1 saturated carbocycles. The Morgan fingerprint density at radius 3 is 2.44 bits per heavy atom. The number of benzene rings is 1. The lowest BCUT2D eigenvalue weighted by molar-refractivity contribution is 0.268. The predicted molar refractivity (Wildman–Crippen MR) is 79.0 cm³/mol. The third-order valence-electron chi connectivity index (χ3n) is 4.24. The first-order chi connectivity index (χ1) is 8.68. The highest BCUT2D eigenvalue weighted by Crippen LogP contribution is 2.29. The lowest BCUT2D eigenvalue weighted by atomic mass is 9.84. The number of hydrogen-bond donors (Lipinski definition) is 1. The Morgan fingerprint density at radius 1 is 1.11 bits per heavy atom. The van der Waals surface area contributed by atoms with E-state index in [0.29, 0.717) is 12.1 Å². The average Bonchev–Trinajstić information content (AvgIpc) is 2.40. The van der Waals surface area contributed by atoms with Crippen molar-refractivity contribution in [3.8, 4) is 0 Å². The molecule has 0 radical (unpaired) electrons. The van der Waals surface area contributed by atoms with Crippen molar-refractivity contribution in [2.75, 3.05) is 0 Å². The third-order valence-corrected chi connectivity index (χ3v) is 4.59. The minimum absolute atomic E-state index is 0.329. The first-order valence-corrected chi connectivity index (χ1v) is 7.56. The van der Waals surface area contributed by atoms with Gasteiger partial charge >= 0.3 is 0 Å². The topological polar surface area (TPSA) is 12.0 Å². The van der Waals surface area contributed by atoms with E-state index in [1.165, 1.54) is 37.7 Å². The summed E-state index contributed by atoms with van der Waals surface area (Å²) >= 11 is 6.25. The zero-order valence-electron chi connectivity index (χ0n) is 11.5. The molecular formula is C16H24ClN. The van der Waals surface area contributed by atoms with Crippen molar-refractivity contribution in [3.05, 3.63) is 34.9 Å². The molecule has 1 aliphatic carbocycles. The zero-order valence-corrected chi connectivity index (χ0v) is 12.2. The van der Waals surface area contributed by atoms with Crippen molar-refractivity contribution in [1.82, 2.24) is 5.32 Å². The quantitative estimate of drug-likeness (QED) is 0.811. The summed E-state index contributed by atoms with van der Waals surface area (Å²) in [6.07, 6.45) is 6.98. The standard InChI is InChI=1S/C16H24ClN/c1-12(14-8-4-3-5-9-14)18-13(2)15-10-6-7-11-16(15)17/h6-7,10-14,18H,3-5,8-9H2,1-2H3. The second-order valence-corrected chi connectivity index (χ2v) is 6.00. The molecule has 1 aromatic rings. The van der Waals surface area contributed by atoms with Crippen molar-refractivity contribution in [2.24, 2.45) is 5.92 Å². The highest BCUT2D eigenvalue weighted by atomic mass is 35.5. The van der Waals surface area contributed by atoms with Gasteiger partial charge in [-0.1, -0.05) is 49.1 Å². The molecule has 1 nitrogen and oxygen atoms in total. The van der Waals surface area contributed by atoms with E-state index in [2.05, 4.69) is 31.3 Å². The Kier molecular flexibility index (Phi) is 5.08. The van der Waals surface area contributed by atoms with Crippen LogP contribution in [0.15, 0.2) is 24.3 Å². The summed E-state index contributed by atoms with van der Waals surface area (Å²) in [6, 6.07) is 9.05. The highest BCUT2D eigenvalue weighted by Gasteiger charge is 2.21. The molecule has 0 spiro atoms. The molecule has 2 rings (SSSR count). The first-order valence-electron chi connectivity index (χ1n) is 7.19. The van der Waals surface area contributed by atoms with Gasteiger partial charge in [0.05, 0.1) is 0 Å². The smallest absolute Gasteiger partial charge is 0.0453 e. The summed E-state index contributed by atoms with van der Waals surface area (Å²) in [7, 11) is 0. The molecule has 2 atom stereocenters. The summed E-state index contributed by atoms with van der Waals surface area (Å²) in [6.45, 7) is 4.53. The van der Waals surface area contributed by atoms with E-state index < -0.39 is 0 Å². The van der Waals surface area contributed by atoms with Crippen LogP contribution in [0.5, 0.6) is 0 Å². The van der Waals surface area contributed by atoms with Crippen LogP contribution in [0, 0.1) is 5.92 Å². The van der Waals surface area contributed by atoms with Crippen LogP contribution in [0.4, 0.5) is 0 Å². The van der Waals surface area contributed by atoms with Crippen LogP contribution >= 0.6 is 11.6 Å². The maximum Gasteiger partial charge on any atom is 0.0453 e. The van der Waals surface area contributed by atoms with E-state index in [1.54, 1.807) is 0 Å². The van der Waals surface area contributed by atoms with Gasteiger partial charge < -0.3 is 5.32 Å². The fraction of sp³-hybridized carbons (Fsp3) is 0.625. The van der Waals surface area contributed by atoms with Gasteiger partial charge in [-0.05, 0) is 44.2 Å². The Hall–Kier alpha value is -0.530. The van der Waals surface area contributed by atoms with Gasteiger partial charge in [0, 0.05) is 17.1 Å². The summed E-state index contributed by atoms with van der Waals surface area (Å²) in [5.74, 6) is 0.837. The predicted octanol–water partition coefficient (Wildman–Crippen LogP) is 4.96. The van der Waals surface area contributed by atoms with Crippen LogP contribution in [0.1, 0.15) is 57.6 Å². The van der Waals surface area contributed by atoms with Crippen LogP contribution < -0.4 is 5.32 Å². The molecule has 1 aromatic carbocycles. The molecule has 0 bridgehead atoms. The minimum atomic E-state index is 0.329. The molecule has 1 N–H and O–H groups in total. The number of nitrogens with one attached hydrogen (secondary N) is 1. The number of rotatable bonds is 4. The molecule has 1 aliphatic rings. The van der Waals surface area contributed by atoms with Gasteiger partial charge in [-0.25, -0.2) is 0 Å². The lowest BCUT2D eigenvalue weighted by Crippen LogP contribution is -2.36. The Bertz CT molecular complexity index is 371. The van der Waals surface area contributed by atoms with Crippen molar-refractivity contribution in [2.45, 2.75) is 58.0 Å². The van der Waals surface area contributed by atoms with Gasteiger partial charge in [-0.2, -0.15) is 0 Å². The van der Waals surface area contributed by atoms with Crippen molar-refractivity contribution >= 4 is 11.6 Å². The normalized spacial score (nSPS) is 20.6. The van der Waals surface area contributed by atoms with Gasteiger partial charge in [-0.15, -0.1) is 0 Å². The van der Waals surface area contributed by atoms with Gasteiger partial charge in [0.2, 0.25) is 0 Å². The second-order valence-electron chi connectivity index (χ2n) is 5.60. The zero-order chi connectivity index (χ0) is 13.0. The molecule has 2 unspecified atom stereocenters. The molecule has 100 valence electrons. The van der Waals surface area contributed by atoms with Crippen molar-refractivity contribution in [1.29, 1.82) is 0 Å². The van der Waals surface area contributed by atoms with Crippen LogP contribution in [0.25, 0.3) is 0 Å². The van der Waals surface area contributed by atoms with Gasteiger partial charge in [0.15, 0.2) is 0 Å². The molecule has 0 amide bonds. The van der Waals surface area contributed by atoms with E-state index in [-0.39, 0.29) is 0 Å². The molecule has 0 heterocycles. The summed E-state index contributed by atoms with van der Waals surface area (Å²) in [5, 5.41) is 4.59. The van der Waals surface area contributed by atoms with Gasteiger partial charge in [0.1, 0.15) is 0 Å². The maximum atomic E-state index is 6.25. The lowest BCUT2D eigenvalue weighted by Gasteiger charge is -2.31. The van der Waals surface area contributed by atoms with Crippen LogP contribution in [-0.2, 0) is 0 Å². The maximum absolute atomic E-state index is 6.25. The Balaban J connectivity index is 1.94.